The number of benzene rings is 2. The number of aromatic nitrogens is 6. The topological polar surface area (TPSA) is 70.7 Å². The lowest BCUT2D eigenvalue weighted by molar-refractivity contribution is 0.410. The van der Waals surface area contributed by atoms with Gasteiger partial charge >= 0.3 is 0 Å². The van der Waals surface area contributed by atoms with Gasteiger partial charge in [0.15, 0.2) is 0 Å². The highest BCUT2D eigenvalue weighted by molar-refractivity contribution is 7.98. The van der Waals surface area contributed by atoms with E-state index in [1.54, 1.807) is 23.6 Å². The molecule has 0 saturated heterocycles. The summed E-state index contributed by atoms with van der Waals surface area (Å²) in [6, 6.07) is 16.3. The third-order valence-corrected chi connectivity index (χ3v) is 5.25. The van der Waals surface area contributed by atoms with Crippen molar-refractivity contribution in [2.75, 3.05) is 7.11 Å². The smallest absolute Gasteiger partial charge is 0.214 e. The van der Waals surface area contributed by atoms with Crippen LogP contribution in [0.4, 0.5) is 0 Å². The van der Waals surface area contributed by atoms with Crippen LogP contribution in [0.15, 0.2) is 66.1 Å². The number of imidazole rings is 1. The molecule has 2 aromatic carbocycles. The van der Waals surface area contributed by atoms with E-state index in [1.165, 1.54) is 5.56 Å². The summed E-state index contributed by atoms with van der Waals surface area (Å²) >= 11 is 1.54. The zero-order chi connectivity index (χ0) is 19.3. The standard InChI is InChI=1S/C20H20N6OS/c1-15-8-9-18(27-2)17(12-15)26-20(22-23-24-26)28-14-19-21-10-11-25(19)13-16-6-4-3-5-7-16/h3-12H,13-14H2,1-2H3. The molecule has 4 aromatic rings. The van der Waals surface area contributed by atoms with Crippen molar-refractivity contribution >= 4 is 11.8 Å². The molecule has 0 aliphatic carbocycles. The van der Waals surface area contributed by atoms with Crippen molar-refractivity contribution in [2.45, 2.75) is 24.4 Å². The minimum absolute atomic E-state index is 0.661. The van der Waals surface area contributed by atoms with Crippen LogP contribution >= 0.6 is 11.8 Å². The number of tetrazole rings is 1. The Balaban J connectivity index is 1.53. The molecule has 0 radical (unpaired) electrons. The van der Waals surface area contributed by atoms with Crippen molar-refractivity contribution in [3.05, 3.63) is 77.9 Å². The fourth-order valence-corrected chi connectivity index (χ4v) is 3.77. The van der Waals surface area contributed by atoms with Gasteiger partial charge in [0.2, 0.25) is 5.16 Å². The zero-order valence-electron chi connectivity index (χ0n) is 15.7. The summed E-state index contributed by atoms with van der Waals surface area (Å²) in [5, 5.41) is 12.9. The molecule has 0 spiro atoms. The molecule has 0 aliphatic heterocycles. The van der Waals surface area contributed by atoms with E-state index in [2.05, 4.69) is 37.2 Å². The summed E-state index contributed by atoms with van der Waals surface area (Å²) < 4.78 is 9.32. The Kier molecular flexibility index (Phi) is 5.38. The Hall–Kier alpha value is -3.13. The van der Waals surface area contributed by atoms with Gasteiger partial charge in [-0.1, -0.05) is 48.2 Å². The van der Waals surface area contributed by atoms with Crippen molar-refractivity contribution in [1.82, 2.24) is 29.8 Å². The average molecular weight is 392 g/mol. The summed E-state index contributed by atoms with van der Waals surface area (Å²) in [4.78, 5) is 4.50. The van der Waals surface area contributed by atoms with Crippen LogP contribution in [0.5, 0.6) is 5.75 Å². The molecule has 4 rings (SSSR count). The molecule has 142 valence electrons. The summed E-state index contributed by atoms with van der Waals surface area (Å²) in [6.07, 6.45) is 3.82. The number of rotatable bonds is 7. The number of methoxy groups -OCH3 is 1. The van der Waals surface area contributed by atoms with Crippen LogP contribution in [0.1, 0.15) is 17.0 Å². The van der Waals surface area contributed by atoms with Gasteiger partial charge in [0, 0.05) is 18.9 Å². The van der Waals surface area contributed by atoms with Crippen LogP contribution in [0.3, 0.4) is 0 Å². The first-order valence-corrected chi connectivity index (χ1v) is 9.83. The maximum absolute atomic E-state index is 5.47. The van der Waals surface area contributed by atoms with E-state index >= 15 is 0 Å². The summed E-state index contributed by atoms with van der Waals surface area (Å²) in [5.74, 6) is 2.36. The number of thioether (sulfide) groups is 1. The predicted molar refractivity (Wildman–Crippen MR) is 108 cm³/mol. The molecule has 0 atom stereocenters. The highest BCUT2D eigenvalue weighted by Crippen LogP contribution is 2.28. The summed E-state index contributed by atoms with van der Waals surface area (Å²) in [5.41, 5.74) is 3.17. The van der Waals surface area contributed by atoms with E-state index in [1.807, 2.05) is 55.7 Å². The normalized spacial score (nSPS) is 10.9. The van der Waals surface area contributed by atoms with E-state index in [9.17, 15) is 0 Å². The van der Waals surface area contributed by atoms with Crippen molar-refractivity contribution in [1.29, 1.82) is 0 Å². The van der Waals surface area contributed by atoms with E-state index in [4.69, 9.17) is 4.74 Å². The largest absolute Gasteiger partial charge is 0.494 e. The van der Waals surface area contributed by atoms with Gasteiger partial charge in [-0.05, 0) is 40.6 Å². The molecule has 2 heterocycles. The SMILES string of the molecule is COc1ccc(C)cc1-n1nnnc1SCc1nccn1Cc1ccccc1. The van der Waals surface area contributed by atoms with Crippen LogP contribution in [0.2, 0.25) is 0 Å². The maximum atomic E-state index is 5.47. The minimum atomic E-state index is 0.661. The van der Waals surface area contributed by atoms with Gasteiger partial charge in [-0.25, -0.2) is 4.98 Å². The third kappa shape index (κ3) is 3.91. The minimum Gasteiger partial charge on any atom is -0.494 e. The maximum Gasteiger partial charge on any atom is 0.214 e. The van der Waals surface area contributed by atoms with Crippen LogP contribution in [-0.2, 0) is 12.3 Å². The molecule has 0 saturated carbocycles. The zero-order valence-corrected chi connectivity index (χ0v) is 16.5. The lowest BCUT2D eigenvalue weighted by Crippen LogP contribution is -2.05. The molecule has 0 N–H and O–H groups in total. The van der Waals surface area contributed by atoms with Gasteiger partial charge in [0.1, 0.15) is 17.3 Å². The predicted octanol–water partition coefficient (Wildman–Crippen LogP) is 3.52. The Bertz CT molecular complexity index is 1060. The molecular formula is C20H20N6OS. The van der Waals surface area contributed by atoms with Crippen LogP contribution in [0.25, 0.3) is 5.69 Å². The van der Waals surface area contributed by atoms with Gasteiger partial charge in [0.25, 0.3) is 0 Å². The van der Waals surface area contributed by atoms with Gasteiger partial charge in [0.05, 0.1) is 12.9 Å². The molecule has 28 heavy (non-hydrogen) atoms. The second-order valence-corrected chi connectivity index (χ2v) is 7.24. The summed E-state index contributed by atoms with van der Waals surface area (Å²) in [6.45, 7) is 2.81. The molecule has 0 amide bonds. The molecule has 0 bridgehead atoms. The van der Waals surface area contributed by atoms with Crippen LogP contribution in [-0.4, -0.2) is 36.9 Å². The molecule has 0 fully saturated rings. The second kappa shape index (κ2) is 8.26. The number of nitrogens with zero attached hydrogens (tertiary/aromatic N) is 6. The monoisotopic (exact) mass is 392 g/mol. The first kappa shape index (κ1) is 18.2. The lowest BCUT2D eigenvalue weighted by Gasteiger charge is -2.11. The van der Waals surface area contributed by atoms with Gasteiger partial charge in [-0.2, -0.15) is 4.68 Å². The molecule has 2 aromatic heterocycles. The fraction of sp³-hybridized carbons (Fsp3) is 0.200. The number of hydrogen-bond acceptors (Lipinski definition) is 6. The molecule has 8 heteroatoms. The lowest BCUT2D eigenvalue weighted by atomic mass is 10.2. The first-order valence-electron chi connectivity index (χ1n) is 8.84. The highest BCUT2D eigenvalue weighted by atomic mass is 32.2. The first-order chi connectivity index (χ1) is 13.7. The Morgan fingerprint density at radius 2 is 1.96 bits per heavy atom. The molecule has 7 nitrogen and oxygen atoms in total. The van der Waals surface area contributed by atoms with Crippen LogP contribution in [0, 0.1) is 6.92 Å². The molecule has 0 aliphatic rings. The average Bonchev–Trinajstić information content (AvgIpc) is 3.36. The Labute approximate surface area is 167 Å². The molecule has 0 unspecified atom stereocenters. The highest BCUT2D eigenvalue weighted by Gasteiger charge is 2.15. The fourth-order valence-electron chi connectivity index (χ4n) is 2.92. The van der Waals surface area contributed by atoms with E-state index in [0.717, 1.165) is 29.4 Å². The molecular weight excluding hydrogens is 372 g/mol. The quantitative estimate of drug-likeness (QED) is 0.448. The third-order valence-electron chi connectivity index (χ3n) is 4.33. The van der Waals surface area contributed by atoms with Gasteiger partial charge in [-0.15, -0.1) is 5.10 Å². The van der Waals surface area contributed by atoms with E-state index in [0.29, 0.717) is 10.9 Å². The van der Waals surface area contributed by atoms with Crippen molar-refractivity contribution in [2.24, 2.45) is 0 Å². The van der Waals surface area contributed by atoms with Crippen molar-refractivity contribution in [3.63, 3.8) is 0 Å². The number of hydrogen-bond donors (Lipinski definition) is 0. The van der Waals surface area contributed by atoms with E-state index in [-0.39, 0.29) is 0 Å². The van der Waals surface area contributed by atoms with Crippen LogP contribution < -0.4 is 4.74 Å². The number of aryl methyl sites for hydroxylation is 1. The van der Waals surface area contributed by atoms with Gasteiger partial charge in [-0.3, -0.25) is 0 Å². The Morgan fingerprint density at radius 1 is 1.11 bits per heavy atom. The van der Waals surface area contributed by atoms with E-state index < -0.39 is 0 Å². The van der Waals surface area contributed by atoms with Crippen molar-refractivity contribution < 1.29 is 4.74 Å². The van der Waals surface area contributed by atoms with Gasteiger partial charge < -0.3 is 9.30 Å². The second-order valence-electron chi connectivity index (χ2n) is 6.29. The Morgan fingerprint density at radius 3 is 2.79 bits per heavy atom. The van der Waals surface area contributed by atoms with Crippen molar-refractivity contribution in [3.8, 4) is 11.4 Å². The summed E-state index contributed by atoms with van der Waals surface area (Å²) in [7, 11) is 1.64. The number of ether oxygens (including phenoxy) is 1.